The van der Waals surface area contributed by atoms with Gasteiger partial charge < -0.3 is 4.74 Å². The number of ether oxygens (including phenoxy) is 1. The highest BCUT2D eigenvalue weighted by atomic mass is 35.5. The number of hydrogen-bond donors (Lipinski definition) is 0. The summed E-state index contributed by atoms with van der Waals surface area (Å²) in [6, 6.07) is 1.25. The highest BCUT2D eigenvalue weighted by molar-refractivity contribution is 6.42. The molecular formula is C14H12Cl2FNO2. The molecule has 0 radical (unpaired) electrons. The van der Waals surface area contributed by atoms with Crippen LogP contribution in [0.1, 0.15) is 28.4 Å². The first-order valence-electron chi connectivity index (χ1n) is 6.00. The van der Waals surface area contributed by atoms with Gasteiger partial charge in [0.1, 0.15) is 16.5 Å². The molecule has 0 unspecified atom stereocenters. The Labute approximate surface area is 125 Å². The zero-order chi connectivity index (χ0) is 15.0. The normalized spacial score (nSPS) is 10.9. The van der Waals surface area contributed by atoms with E-state index >= 15 is 0 Å². The maximum Gasteiger partial charge on any atom is 0.342 e. The van der Waals surface area contributed by atoms with Gasteiger partial charge in [-0.1, -0.05) is 23.2 Å². The van der Waals surface area contributed by atoms with Gasteiger partial charge in [-0.25, -0.2) is 14.2 Å². The number of pyridine rings is 1. The van der Waals surface area contributed by atoms with Crippen LogP contribution in [0, 0.1) is 19.7 Å². The summed E-state index contributed by atoms with van der Waals surface area (Å²) >= 11 is 12.2. The first-order chi connectivity index (χ1) is 9.38. The predicted octanol–water partition coefficient (Wildman–Crippen LogP) is 4.47. The Balaban J connectivity index is 2.84. The second-order valence-corrected chi connectivity index (χ2v) is 5.05. The van der Waals surface area contributed by atoms with E-state index in [1.807, 2.05) is 0 Å². The fourth-order valence-electron chi connectivity index (χ4n) is 1.98. The van der Waals surface area contributed by atoms with Crippen molar-refractivity contribution in [3.05, 3.63) is 38.7 Å². The van der Waals surface area contributed by atoms with Crippen LogP contribution in [0.25, 0.3) is 10.9 Å². The van der Waals surface area contributed by atoms with Crippen LogP contribution < -0.4 is 0 Å². The summed E-state index contributed by atoms with van der Waals surface area (Å²) in [7, 11) is 0. The summed E-state index contributed by atoms with van der Waals surface area (Å²) in [5.41, 5.74) is 1.41. The van der Waals surface area contributed by atoms with Crippen molar-refractivity contribution < 1.29 is 13.9 Å². The second-order valence-electron chi connectivity index (χ2n) is 4.31. The lowest BCUT2D eigenvalue weighted by Crippen LogP contribution is -2.08. The fraction of sp³-hybridized carbons (Fsp3) is 0.286. The van der Waals surface area contributed by atoms with Crippen molar-refractivity contribution in [3.8, 4) is 0 Å². The number of carbonyl (C=O) groups excluding carboxylic acids is 1. The molecule has 0 aliphatic rings. The third-order valence-corrected chi connectivity index (χ3v) is 3.81. The molecule has 0 bridgehead atoms. The van der Waals surface area contributed by atoms with Gasteiger partial charge in [0.15, 0.2) is 0 Å². The smallest absolute Gasteiger partial charge is 0.342 e. The Kier molecular flexibility index (Phi) is 4.16. The summed E-state index contributed by atoms with van der Waals surface area (Å²) in [5, 5.41) is 0.556. The molecule has 2 aromatic rings. The van der Waals surface area contributed by atoms with Crippen molar-refractivity contribution >= 4 is 40.1 Å². The molecule has 0 fully saturated rings. The van der Waals surface area contributed by atoms with E-state index in [2.05, 4.69) is 4.98 Å². The first kappa shape index (κ1) is 15.0. The Morgan fingerprint density at radius 3 is 2.60 bits per heavy atom. The molecule has 0 saturated heterocycles. The van der Waals surface area contributed by atoms with Crippen LogP contribution in [-0.4, -0.2) is 17.6 Å². The van der Waals surface area contributed by atoms with Gasteiger partial charge in [-0.2, -0.15) is 0 Å². The highest BCUT2D eigenvalue weighted by Crippen LogP contribution is 2.35. The third kappa shape index (κ3) is 2.34. The summed E-state index contributed by atoms with van der Waals surface area (Å²) in [6.45, 7) is 5.24. The number of aryl methyl sites for hydroxylation is 1. The molecule has 0 aliphatic heterocycles. The topological polar surface area (TPSA) is 39.2 Å². The number of hydrogen-bond acceptors (Lipinski definition) is 3. The van der Waals surface area contributed by atoms with Crippen molar-refractivity contribution in [3.63, 3.8) is 0 Å². The molecule has 0 amide bonds. The molecular weight excluding hydrogens is 304 g/mol. The average molecular weight is 316 g/mol. The zero-order valence-electron chi connectivity index (χ0n) is 11.2. The quantitative estimate of drug-likeness (QED) is 0.606. The number of halogens is 3. The summed E-state index contributed by atoms with van der Waals surface area (Å²) in [4.78, 5) is 15.9. The van der Waals surface area contributed by atoms with Gasteiger partial charge >= 0.3 is 5.97 Å². The van der Waals surface area contributed by atoms with E-state index < -0.39 is 11.8 Å². The molecule has 0 aliphatic carbocycles. The maximum atomic E-state index is 13.7. The number of aromatic nitrogens is 1. The Morgan fingerprint density at radius 1 is 1.35 bits per heavy atom. The van der Waals surface area contributed by atoms with Crippen LogP contribution >= 0.6 is 23.2 Å². The van der Waals surface area contributed by atoms with Crippen LogP contribution in [0.3, 0.4) is 0 Å². The second kappa shape index (κ2) is 5.54. The number of fused-ring (bicyclic) bond motifs is 1. The van der Waals surface area contributed by atoms with Crippen LogP contribution in [-0.2, 0) is 4.74 Å². The molecule has 0 N–H and O–H groups in total. The van der Waals surface area contributed by atoms with Crippen LogP contribution in [0.5, 0.6) is 0 Å². The van der Waals surface area contributed by atoms with E-state index in [4.69, 9.17) is 27.9 Å². The lowest BCUT2D eigenvalue weighted by Gasteiger charge is -2.12. The van der Waals surface area contributed by atoms with Crippen molar-refractivity contribution in [2.75, 3.05) is 6.61 Å². The molecule has 6 heteroatoms. The van der Waals surface area contributed by atoms with Gasteiger partial charge in [-0.15, -0.1) is 0 Å². The fourth-order valence-corrected chi connectivity index (χ4v) is 2.69. The van der Waals surface area contributed by atoms with Crippen molar-refractivity contribution in [2.24, 2.45) is 0 Å². The van der Waals surface area contributed by atoms with Gasteiger partial charge in [0, 0.05) is 11.5 Å². The molecule has 3 nitrogen and oxygen atoms in total. The molecule has 0 atom stereocenters. The van der Waals surface area contributed by atoms with E-state index in [-0.39, 0.29) is 22.3 Å². The number of nitrogens with zero attached hydrogens (tertiary/aromatic N) is 1. The minimum atomic E-state index is -0.640. The molecule has 1 heterocycles. The minimum absolute atomic E-state index is 0.0109. The van der Waals surface area contributed by atoms with Crippen molar-refractivity contribution in [1.29, 1.82) is 0 Å². The predicted molar refractivity (Wildman–Crippen MR) is 77.2 cm³/mol. The summed E-state index contributed by atoms with van der Waals surface area (Å²) in [6.07, 6.45) is 0. The maximum absolute atomic E-state index is 13.7. The van der Waals surface area contributed by atoms with Crippen LogP contribution in [0.15, 0.2) is 6.07 Å². The highest BCUT2D eigenvalue weighted by Gasteiger charge is 2.22. The number of rotatable bonds is 2. The molecule has 0 spiro atoms. The molecule has 1 aromatic heterocycles. The van der Waals surface area contributed by atoms with Gasteiger partial charge in [0.2, 0.25) is 0 Å². The summed E-state index contributed by atoms with van der Waals surface area (Å²) in [5.74, 6) is -1.03. The monoisotopic (exact) mass is 315 g/mol. The molecule has 0 saturated carbocycles. The Hall–Kier alpha value is -1.39. The molecule has 1 aromatic carbocycles. The zero-order valence-corrected chi connectivity index (χ0v) is 12.7. The van der Waals surface area contributed by atoms with Crippen LogP contribution in [0.2, 0.25) is 10.2 Å². The van der Waals surface area contributed by atoms with E-state index in [9.17, 15) is 9.18 Å². The van der Waals surface area contributed by atoms with Gasteiger partial charge in [0.05, 0.1) is 17.1 Å². The van der Waals surface area contributed by atoms with E-state index in [0.717, 1.165) is 0 Å². The SMILES string of the molecule is CCOC(=O)c1c(Cl)nc2cc(F)c(C)c(C)c2c1Cl. The molecule has 106 valence electrons. The van der Waals surface area contributed by atoms with E-state index in [0.29, 0.717) is 22.0 Å². The third-order valence-electron chi connectivity index (χ3n) is 3.16. The average Bonchev–Trinajstić information content (AvgIpc) is 2.35. The molecule has 20 heavy (non-hydrogen) atoms. The number of esters is 1. The first-order valence-corrected chi connectivity index (χ1v) is 6.75. The standard InChI is InChI=1S/C14H12Cl2FNO2/c1-4-20-14(19)11-12(15)10-7(3)6(2)8(17)5-9(10)18-13(11)16/h5H,4H2,1-3H3. The van der Waals surface area contributed by atoms with Gasteiger partial charge in [-0.05, 0) is 31.9 Å². The van der Waals surface area contributed by atoms with E-state index in [1.54, 1.807) is 20.8 Å². The largest absolute Gasteiger partial charge is 0.462 e. The molecule has 2 rings (SSSR count). The lowest BCUT2D eigenvalue weighted by molar-refractivity contribution is 0.0526. The minimum Gasteiger partial charge on any atom is -0.462 e. The Morgan fingerprint density at radius 2 is 2.00 bits per heavy atom. The summed E-state index contributed by atoms with van der Waals surface area (Å²) < 4.78 is 18.6. The van der Waals surface area contributed by atoms with Crippen molar-refractivity contribution in [1.82, 2.24) is 4.98 Å². The van der Waals surface area contributed by atoms with E-state index in [1.165, 1.54) is 6.07 Å². The number of carbonyl (C=O) groups is 1. The Bertz CT molecular complexity index is 716. The van der Waals surface area contributed by atoms with Gasteiger partial charge in [0.25, 0.3) is 0 Å². The van der Waals surface area contributed by atoms with Crippen molar-refractivity contribution in [2.45, 2.75) is 20.8 Å². The number of benzene rings is 1. The van der Waals surface area contributed by atoms with Crippen LogP contribution in [0.4, 0.5) is 4.39 Å². The lowest BCUT2D eigenvalue weighted by atomic mass is 10.0. The van der Waals surface area contributed by atoms with Gasteiger partial charge in [-0.3, -0.25) is 0 Å².